The minimum Gasteiger partial charge on any atom is -0.384 e. The number of carbonyl (C=O) groups is 1. The van der Waals surface area contributed by atoms with Crippen LogP contribution in [0.2, 0.25) is 0 Å². The van der Waals surface area contributed by atoms with E-state index in [4.69, 9.17) is 5.73 Å². The van der Waals surface area contributed by atoms with E-state index in [0.717, 1.165) is 12.1 Å². The fraction of sp³-hybridized carbons (Fsp3) is 0.273. The zero-order valence-corrected chi connectivity index (χ0v) is 10.1. The van der Waals surface area contributed by atoms with E-state index in [1.165, 1.54) is 12.1 Å². The third kappa shape index (κ3) is 6.03. The average Bonchev–Trinajstić information content (AvgIpc) is 2.36. The van der Waals surface area contributed by atoms with Gasteiger partial charge in [-0.3, -0.25) is 4.79 Å². The van der Waals surface area contributed by atoms with Gasteiger partial charge in [-0.15, -0.1) is 0 Å². The zero-order valence-electron chi connectivity index (χ0n) is 10.1. The summed E-state index contributed by atoms with van der Waals surface area (Å²) < 4.78 is 48.0. The molecule has 9 heteroatoms. The van der Waals surface area contributed by atoms with E-state index in [9.17, 15) is 22.4 Å². The van der Waals surface area contributed by atoms with Gasteiger partial charge in [-0.05, 0) is 24.3 Å². The molecular formula is C11H11F4N3O2. The maximum atomic E-state index is 12.6. The fourth-order valence-corrected chi connectivity index (χ4v) is 1.08. The van der Waals surface area contributed by atoms with Crippen molar-refractivity contribution < 1.29 is 27.2 Å². The molecule has 0 aromatic heterocycles. The second-order valence-electron chi connectivity index (χ2n) is 3.65. The number of hydrogen-bond donors (Lipinski definition) is 2. The van der Waals surface area contributed by atoms with Gasteiger partial charge in [0, 0.05) is 5.56 Å². The van der Waals surface area contributed by atoms with Crippen molar-refractivity contribution in [1.29, 1.82) is 0 Å². The van der Waals surface area contributed by atoms with Gasteiger partial charge in [-0.2, -0.15) is 13.2 Å². The molecule has 1 aromatic rings. The first-order valence-corrected chi connectivity index (χ1v) is 5.33. The number of amidine groups is 1. The van der Waals surface area contributed by atoms with Crippen molar-refractivity contribution in [3.05, 3.63) is 35.6 Å². The lowest BCUT2D eigenvalue weighted by Crippen LogP contribution is -2.35. The number of nitrogens with one attached hydrogen (secondary N) is 1. The van der Waals surface area contributed by atoms with Crippen molar-refractivity contribution in [3.8, 4) is 0 Å². The molecule has 0 aliphatic rings. The topological polar surface area (TPSA) is 76.7 Å². The summed E-state index contributed by atoms with van der Waals surface area (Å²) in [5.41, 5.74) is 5.81. The van der Waals surface area contributed by atoms with Gasteiger partial charge in [0.15, 0.2) is 12.4 Å². The van der Waals surface area contributed by atoms with Crippen molar-refractivity contribution in [2.24, 2.45) is 10.9 Å². The summed E-state index contributed by atoms with van der Waals surface area (Å²) in [6.45, 7) is -2.16. The second-order valence-corrected chi connectivity index (χ2v) is 3.65. The largest absolute Gasteiger partial charge is 0.405 e. The van der Waals surface area contributed by atoms with Gasteiger partial charge >= 0.3 is 6.18 Å². The number of nitrogens with zero attached hydrogens (tertiary/aromatic N) is 1. The summed E-state index contributed by atoms with van der Waals surface area (Å²) in [7, 11) is 0. The zero-order chi connectivity index (χ0) is 15.2. The fourth-order valence-electron chi connectivity index (χ4n) is 1.08. The Bertz CT molecular complexity index is 485. The molecule has 0 aliphatic heterocycles. The summed E-state index contributed by atoms with van der Waals surface area (Å²) >= 11 is 0. The number of benzene rings is 1. The number of hydrogen-bond acceptors (Lipinski definition) is 3. The molecule has 5 nitrogen and oxygen atoms in total. The Morgan fingerprint density at radius 3 is 2.45 bits per heavy atom. The lowest BCUT2D eigenvalue weighted by Gasteiger charge is -2.07. The molecule has 0 heterocycles. The van der Waals surface area contributed by atoms with Gasteiger partial charge in [-0.1, -0.05) is 5.16 Å². The Morgan fingerprint density at radius 1 is 1.30 bits per heavy atom. The molecule has 0 saturated heterocycles. The van der Waals surface area contributed by atoms with Crippen molar-refractivity contribution in [2.75, 3.05) is 13.2 Å². The Balaban J connectivity index is 2.40. The quantitative estimate of drug-likeness (QED) is 0.370. The number of alkyl halides is 3. The Morgan fingerprint density at radius 2 is 1.90 bits per heavy atom. The van der Waals surface area contributed by atoms with E-state index in [2.05, 4.69) is 9.99 Å². The molecule has 0 aliphatic carbocycles. The normalized spacial score (nSPS) is 12.1. The Labute approximate surface area is 111 Å². The molecule has 0 spiro atoms. The molecule has 0 bridgehead atoms. The lowest BCUT2D eigenvalue weighted by molar-refractivity contribution is -0.141. The van der Waals surface area contributed by atoms with Gasteiger partial charge in [-0.25, -0.2) is 4.39 Å². The highest BCUT2D eigenvalue weighted by Gasteiger charge is 2.27. The maximum Gasteiger partial charge on any atom is 0.405 e. The lowest BCUT2D eigenvalue weighted by atomic mass is 10.2. The molecule has 0 radical (unpaired) electrons. The monoisotopic (exact) mass is 293 g/mol. The molecule has 3 N–H and O–H groups in total. The van der Waals surface area contributed by atoms with Crippen LogP contribution in [0.5, 0.6) is 0 Å². The Kier molecular flexibility index (Phi) is 5.30. The maximum absolute atomic E-state index is 12.6. The minimum atomic E-state index is -4.49. The molecule has 110 valence electrons. The van der Waals surface area contributed by atoms with E-state index >= 15 is 0 Å². The predicted molar refractivity (Wildman–Crippen MR) is 62.1 cm³/mol. The number of amides is 1. The first-order valence-electron chi connectivity index (χ1n) is 5.33. The molecule has 0 saturated carbocycles. The van der Waals surface area contributed by atoms with Crippen molar-refractivity contribution in [1.82, 2.24) is 5.32 Å². The van der Waals surface area contributed by atoms with Gasteiger partial charge in [0.05, 0.1) is 0 Å². The first-order chi connectivity index (χ1) is 9.28. The van der Waals surface area contributed by atoms with Crippen molar-refractivity contribution >= 4 is 11.7 Å². The highest BCUT2D eigenvalue weighted by Crippen LogP contribution is 2.11. The van der Waals surface area contributed by atoms with Crippen LogP contribution >= 0.6 is 0 Å². The molecule has 0 fully saturated rings. The number of carbonyl (C=O) groups excluding carboxylic acids is 1. The van der Waals surface area contributed by atoms with Crippen LogP contribution in [0.1, 0.15) is 5.56 Å². The van der Waals surface area contributed by atoms with Gasteiger partial charge in [0.1, 0.15) is 12.4 Å². The highest BCUT2D eigenvalue weighted by molar-refractivity contribution is 5.97. The van der Waals surface area contributed by atoms with Crippen LogP contribution in [0, 0.1) is 5.82 Å². The molecule has 1 aromatic carbocycles. The molecule has 20 heavy (non-hydrogen) atoms. The number of rotatable bonds is 5. The van der Waals surface area contributed by atoms with Crippen LogP contribution < -0.4 is 11.1 Å². The van der Waals surface area contributed by atoms with E-state index in [-0.39, 0.29) is 5.84 Å². The number of oxime groups is 1. The van der Waals surface area contributed by atoms with Crippen LogP contribution in [-0.2, 0) is 9.63 Å². The van der Waals surface area contributed by atoms with Crippen molar-refractivity contribution in [3.63, 3.8) is 0 Å². The summed E-state index contributed by atoms with van der Waals surface area (Å²) in [6, 6.07) is 4.96. The summed E-state index contributed by atoms with van der Waals surface area (Å²) in [6.07, 6.45) is -4.49. The van der Waals surface area contributed by atoms with E-state index in [1.54, 1.807) is 5.32 Å². The van der Waals surface area contributed by atoms with Crippen LogP contribution in [0.3, 0.4) is 0 Å². The molecule has 1 amide bonds. The SMILES string of the molecule is N/C(=N\OCC(=O)NCC(F)(F)F)c1ccc(F)cc1. The van der Waals surface area contributed by atoms with E-state index in [1.807, 2.05) is 0 Å². The third-order valence-corrected chi connectivity index (χ3v) is 1.98. The van der Waals surface area contributed by atoms with Crippen LogP contribution in [0.25, 0.3) is 0 Å². The molecule has 0 atom stereocenters. The summed E-state index contributed by atoms with van der Waals surface area (Å²) in [5, 5.41) is 4.93. The molecule has 0 unspecified atom stereocenters. The first kappa shape index (κ1) is 15.7. The molecule has 1 rings (SSSR count). The Hall–Kier alpha value is -2.32. The predicted octanol–water partition coefficient (Wildman–Crippen LogP) is 1.14. The second kappa shape index (κ2) is 6.73. The van der Waals surface area contributed by atoms with Crippen molar-refractivity contribution in [2.45, 2.75) is 6.18 Å². The highest BCUT2D eigenvalue weighted by atomic mass is 19.4. The van der Waals surface area contributed by atoms with E-state index in [0.29, 0.717) is 5.56 Å². The van der Waals surface area contributed by atoms with Gasteiger partial charge < -0.3 is 15.9 Å². The van der Waals surface area contributed by atoms with Crippen LogP contribution in [0.15, 0.2) is 29.4 Å². The third-order valence-electron chi connectivity index (χ3n) is 1.98. The van der Waals surface area contributed by atoms with Gasteiger partial charge in [0.2, 0.25) is 0 Å². The van der Waals surface area contributed by atoms with E-state index < -0.39 is 31.1 Å². The number of nitrogens with two attached hydrogens (primary N) is 1. The average molecular weight is 293 g/mol. The standard InChI is InChI=1S/C11H11F4N3O2/c12-8-3-1-7(2-4-8)10(16)18-20-5-9(19)17-6-11(13,14)15/h1-4H,5-6H2,(H2,16,18)(H,17,19). The van der Waals surface area contributed by atoms with Crippen LogP contribution in [0.4, 0.5) is 17.6 Å². The smallest absolute Gasteiger partial charge is 0.384 e. The molecular weight excluding hydrogens is 282 g/mol. The summed E-state index contributed by atoms with van der Waals surface area (Å²) in [4.78, 5) is 15.5. The minimum absolute atomic E-state index is 0.131. The van der Waals surface area contributed by atoms with Gasteiger partial charge in [0.25, 0.3) is 5.91 Å². The van der Waals surface area contributed by atoms with Crippen LogP contribution in [-0.4, -0.2) is 31.1 Å². The summed E-state index contributed by atoms with van der Waals surface area (Å²) in [5.74, 6) is -1.58. The number of halogens is 4.